The highest BCUT2D eigenvalue weighted by Gasteiger charge is 2.25. The van der Waals surface area contributed by atoms with Crippen LogP contribution in [0.2, 0.25) is 0 Å². The smallest absolute Gasteiger partial charge is 0.185 e. The minimum Gasteiger partial charge on any atom is -0.289 e. The summed E-state index contributed by atoms with van der Waals surface area (Å²) in [5, 5.41) is 0. The monoisotopic (exact) mass is 324 g/mol. The van der Waals surface area contributed by atoms with E-state index >= 15 is 0 Å². The fraction of sp³-hybridized carbons (Fsp3) is 0.190. The first-order chi connectivity index (χ1) is 11.5. The Labute approximate surface area is 140 Å². The molecule has 0 aliphatic heterocycles. The molecule has 0 atom stereocenters. The highest BCUT2D eigenvalue weighted by atomic mass is 19.1. The minimum atomic E-state index is -0.323. The first kappa shape index (κ1) is 16.3. The third-order valence-corrected chi connectivity index (χ3v) is 4.10. The molecule has 1 fully saturated rings. The Morgan fingerprint density at radius 3 is 1.75 bits per heavy atom. The maximum Gasteiger partial charge on any atom is 0.185 e. The number of carbonyl (C=O) groups excluding carboxylic acids is 1. The molecule has 2 aromatic carbocycles. The number of rotatable bonds is 2. The van der Waals surface area contributed by atoms with Crippen molar-refractivity contribution >= 4 is 17.9 Å². The predicted octanol–water partition coefficient (Wildman–Crippen LogP) is 5.43. The van der Waals surface area contributed by atoms with Gasteiger partial charge in [-0.2, -0.15) is 0 Å². The van der Waals surface area contributed by atoms with Crippen LogP contribution in [0.15, 0.2) is 59.7 Å². The molecule has 0 N–H and O–H groups in total. The van der Waals surface area contributed by atoms with Gasteiger partial charge in [-0.05, 0) is 66.3 Å². The van der Waals surface area contributed by atoms with Crippen LogP contribution in [-0.4, -0.2) is 5.78 Å². The van der Waals surface area contributed by atoms with Crippen molar-refractivity contribution < 1.29 is 13.6 Å². The molecule has 3 heteroatoms. The highest BCUT2D eigenvalue weighted by molar-refractivity contribution is 6.14. The Kier molecular flexibility index (Phi) is 4.70. The molecular formula is C21H18F2O. The van der Waals surface area contributed by atoms with Gasteiger partial charge in [0.2, 0.25) is 0 Å². The number of allylic oxidation sites excluding steroid dienone is 2. The highest BCUT2D eigenvalue weighted by Crippen LogP contribution is 2.32. The molecular weight excluding hydrogens is 306 g/mol. The van der Waals surface area contributed by atoms with Crippen molar-refractivity contribution in [2.24, 2.45) is 5.92 Å². The average Bonchev–Trinajstić information content (AvgIpc) is 2.52. The number of carbonyl (C=O) groups is 1. The molecule has 3 rings (SSSR count). The van der Waals surface area contributed by atoms with E-state index in [9.17, 15) is 13.6 Å². The molecule has 0 unspecified atom stereocenters. The van der Waals surface area contributed by atoms with Crippen molar-refractivity contribution in [2.45, 2.75) is 19.8 Å². The summed E-state index contributed by atoms with van der Waals surface area (Å²) in [5.74, 6) is -0.378. The third-order valence-electron chi connectivity index (χ3n) is 4.10. The number of Topliss-reactive ketones (excluding diaryl/α,β-unsaturated/α-hetero) is 1. The van der Waals surface area contributed by atoms with E-state index in [0.29, 0.717) is 41.0 Å². The summed E-state index contributed by atoms with van der Waals surface area (Å²) >= 11 is 0. The largest absolute Gasteiger partial charge is 0.289 e. The van der Waals surface area contributed by atoms with Crippen LogP contribution in [0, 0.1) is 17.6 Å². The molecule has 0 aromatic heterocycles. The van der Waals surface area contributed by atoms with Crippen LogP contribution in [0.25, 0.3) is 12.2 Å². The molecule has 1 aliphatic rings. The predicted molar refractivity (Wildman–Crippen MR) is 92.2 cm³/mol. The van der Waals surface area contributed by atoms with Crippen molar-refractivity contribution in [2.75, 3.05) is 0 Å². The number of benzene rings is 2. The van der Waals surface area contributed by atoms with E-state index in [1.807, 2.05) is 0 Å². The van der Waals surface area contributed by atoms with Crippen LogP contribution in [0.4, 0.5) is 8.78 Å². The second-order valence-corrected chi connectivity index (χ2v) is 6.29. The van der Waals surface area contributed by atoms with Crippen molar-refractivity contribution in [3.05, 3.63) is 82.4 Å². The van der Waals surface area contributed by atoms with Gasteiger partial charge >= 0.3 is 0 Å². The van der Waals surface area contributed by atoms with E-state index in [2.05, 4.69) is 6.92 Å². The lowest BCUT2D eigenvalue weighted by Crippen LogP contribution is -2.18. The normalized spacial score (nSPS) is 21.5. The van der Waals surface area contributed by atoms with Crippen LogP contribution >= 0.6 is 0 Å². The molecule has 0 radical (unpaired) electrons. The summed E-state index contributed by atoms with van der Waals surface area (Å²) in [5.41, 5.74) is 2.69. The molecule has 1 aliphatic carbocycles. The molecule has 0 spiro atoms. The lowest BCUT2D eigenvalue weighted by atomic mass is 9.81. The van der Waals surface area contributed by atoms with E-state index < -0.39 is 0 Å². The fourth-order valence-electron chi connectivity index (χ4n) is 3.06. The quantitative estimate of drug-likeness (QED) is 0.673. The molecule has 0 bridgehead atoms. The average molecular weight is 324 g/mol. The first-order valence-electron chi connectivity index (χ1n) is 7.98. The zero-order valence-electron chi connectivity index (χ0n) is 13.4. The molecule has 1 saturated carbocycles. The number of hydrogen-bond acceptors (Lipinski definition) is 1. The lowest BCUT2D eigenvalue weighted by Gasteiger charge is -2.22. The van der Waals surface area contributed by atoms with Crippen molar-refractivity contribution in [1.82, 2.24) is 0 Å². The molecule has 2 aromatic rings. The maximum atomic E-state index is 13.3. The fourth-order valence-corrected chi connectivity index (χ4v) is 3.06. The van der Waals surface area contributed by atoms with Gasteiger partial charge in [0.05, 0.1) is 0 Å². The zero-order valence-corrected chi connectivity index (χ0v) is 13.4. The van der Waals surface area contributed by atoms with Gasteiger partial charge in [0.25, 0.3) is 0 Å². The minimum absolute atomic E-state index is 0.0402. The van der Waals surface area contributed by atoms with E-state index in [4.69, 9.17) is 0 Å². The molecule has 0 saturated heterocycles. The van der Waals surface area contributed by atoms with E-state index in [1.165, 1.54) is 24.3 Å². The molecule has 0 heterocycles. The Bertz CT molecular complexity index is 766. The van der Waals surface area contributed by atoms with Crippen molar-refractivity contribution in [1.29, 1.82) is 0 Å². The second kappa shape index (κ2) is 6.91. The lowest BCUT2D eigenvalue weighted by molar-refractivity contribution is -0.113. The number of hydrogen-bond donors (Lipinski definition) is 0. The summed E-state index contributed by atoms with van der Waals surface area (Å²) in [6, 6.07) is 12.4. The van der Waals surface area contributed by atoms with Gasteiger partial charge in [0.15, 0.2) is 5.78 Å². The van der Waals surface area contributed by atoms with Crippen LogP contribution in [-0.2, 0) is 4.79 Å². The Morgan fingerprint density at radius 1 is 0.875 bits per heavy atom. The standard InChI is InChI=1S/C21H18F2O/c1-14-8-17(10-15-4-2-6-19(22)12-15)21(24)18(9-14)11-16-5-3-7-20(23)13-16/h2-7,10-14H,8-9H2,1H3. The van der Waals surface area contributed by atoms with Crippen molar-refractivity contribution in [3.8, 4) is 0 Å². The maximum absolute atomic E-state index is 13.3. The van der Waals surface area contributed by atoms with Gasteiger partial charge in [-0.15, -0.1) is 0 Å². The Morgan fingerprint density at radius 2 is 1.33 bits per heavy atom. The SMILES string of the molecule is CC1CC(=Cc2cccc(F)c2)C(=O)C(=Cc2cccc(F)c2)C1. The van der Waals surface area contributed by atoms with Gasteiger partial charge in [-0.25, -0.2) is 8.78 Å². The van der Waals surface area contributed by atoms with Gasteiger partial charge in [-0.1, -0.05) is 31.2 Å². The van der Waals surface area contributed by atoms with E-state index in [-0.39, 0.29) is 17.4 Å². The van der Waals surface area contributed by atoms with Crippen molar-refractivity contribution in [3.63, 3.8) is 0 Å². The summed E-state index contributed by atoms with van der Waals surface area (Å²) in [7, 11) is 0. The van der Waals surface area contributed by atoms with E-state index in [1.54, 1.807) is 36.4 Å². The van der Waals surface area contributed by atoms with Crippen LogP contribution in [0.1, 0.15) is 30.9 Å². The second-order valence-electron chi connectivity index (χ2n) is 6.29. The third kappa shape index (κ3) is 3.85. The summed E-state index contributed by atoms with van der Waals surface area (Å²) in [6.07, 6.45) is 4.83. The van der Waals surface area contributed by atoms with Gasteiger partial charge in [0, 0.05) is 11.1 Å². The van der Waals surface area contributed by atoms with E-state index in [0.717, 1.165) is 0 Å². The summed E-state index contributed by atoms with van der Waals surface area (Å²) < 4.78 is 26.7. The molecule has 1 nitrogen and oxygen atoms in total. The van der Waals surface area contributed by atoms with Gasteiger partial charge < -0.3 is 0 Å². The molecule has 122 valence electrons. The zero-order chi connectivity index (χ0) is 17.1. The Balaban J connectivity index is 1.94. The number of ketones is 1. The van der Waals surface area contributed by atoms with Crippen LogP contribution in [0.3, 0.4) is 0 Å². The topological polar surface area (TPSA) is 17.1 Å². The first-order valence-corrected chi connectivity index (χ1v) is 7.98. The van der Waals surface area contributed by atoms with Crippen LogP contribution < -0.4 is 0 Å². The summed E-state index contributed by atoms with van der Waals surface area (Å²) in [4.78, 5) is 12.7. The van der Waals surface area contributed by atoms with Crippen LogP contribution in [0.5, 0.6) is 0 Å². The summed E-state index contributed by atoms with van der Waals surface area (Å²) in [6.45, 7) is 2.07. The number of halogens is 2. The van der Waals surface area contributed by atoms with Gasteiger partial charge in [-0.3, -0.25) is 4.79 Å². The Hall–Kier alpha value is -2.55. The van der Waals surface area contributed by atoms with Gasteiger partial charge in [0.1, 0.15) is 11.6 Å². The molecule has 24 heavy (non-hydrogen) atoms. The molecule has 0 amide bonds.